The van der Waals surface area contributed by atoms with Gasteiger partial charge in [-0.1, -0.05) is 12.1 Å². The van der Waals surface area contributed by atoms with Crippen LogP contribution in [-0.4, -0.2) is 40.5 Å². The van der Waals surface area contributed by atoms with Gasteiger partial charge < -0.3 is 20.3 Å². The molecule has 7 nitrogen and oxygen atoms in total. The van der Waals surface area contributed by atoms with E-state index < -0.39 is 23.9 Å². The van der Waals surface area contributed by atoms with Gasteiger partial charge in [-0.2, -0.15) is 0 Å². The van der Waals surface area contributed by atoms with Gasteiger partial charge in [-0.3, -0.25) is 10.1 Å². The van der Waals surface area contributed by atoms with Gasteiger partial charge in [0, 0.05) is 19.2 Å². The van der Waals surface area contributed by atoms with Crippen molar-refractivity contribution < 1.29 is 24.5 Å². The number of benzene rings is 1. The molecule has 0 aromatic heterocycles. The van der Waals surface area contributed by atoms with Gasteiger partial charge in [0.15, 0.2) is 0 Å². The van der Waals surface area contributed by atoms with E-state index in [0.717, 1.165) is 0 Å². The molecule has 0 aliphatic rings. The molecule has 1 aromatic rings. The zero-order valence-corrected chi connectivity index (χ0v) is 13.8. The van der Waals surface area contributed by atoms with Crippen LogP contribution in [0.4, 0.5) is 10.5 Å². The largest absolute Gasteiger partial charge is 0.444 e. The van der Waals surface area contributed by atoms with Crippen molar-refractivity contribution in [2.45, 2.75) is 45.5 Å². The Labute approximate surface area is 135 Å². The van der Waals surface area contributed by atoms with Crippen molar-refractivity contribution in [3.63, 3.8) is 0 Å². The highest BCUT2D eigenvalue weighted by molar-refractivity contribution is 5.84. The van der Waals surface area contributed by atoms with Gasteiger partial charge in [0.1, 0.15) is 17.8 Å². The van der Waals surface area contributed by atoms with E-state index in [2.05, 4.69) is 10.6 Å². The number of carbonyl (C=O) groups is 2. The maximum absolute atomic E-state index is 11.7. The topological polar surface area (TPSA) is 108 Å². The lowest BCUT2D eigenvalue weighted by atomic mass is 10.0. The molecule has 0 heterocycles. The Balaban J connectivity index is 2.72. The summed E-state index contributed by atoms with van der Waals surface area (Å²) in [5, 5.41) is 25.0. The summed E-state index contributed by atoms with van der Waals surface area (Å²) < 4.78 is 5.14. The van der Waals surface area contributed by atoms with Crippen molar-refractivity contribution >= 4 is 17.7 Å². The van der Waals surface area contributed by atoms with E-state index in [1.807, 2.05) is 0 Å². The quantitative estimate of drug-likeness (QED) is 0.657. The fourth-order valence-electron chi connectivity index (χ4n) is 1.80. The molecule has 2 amide bonds. The van der Waals surface area contributed by atoms with Crippen molar-refractivity contribution in [3.05, 3.63) is 29.8 Å². The number of rotatable bonds is 5. The first kappa shape index (κ1) is 18.9. The molecule has 1 rings (SSSR count). The highest BCUT2D eigenvalue weighted by atomic mass is 16.6. The smallest absolute Gasteiger partial charge is 0.412 e. The molecular formula is C16H24N2O5. The van der Waals surface area contributed by atoms with Crippen LogP contribution in [0.1, 0.15) is 39.4 Å². The second-order valence-electron chi connectivity index (χ2n) is 6.20. The Bertz CT molecular complexity index is 554. The van der Waals surface area contributed by atoms with Gasteiger partial charge in [0.05, 0.1) is 0 Å². The van der Waals surface area contributed by atoms with Crippen molar-refractivity contribution in [1.82, 2.24) is 5.32 Å². The van der Waals surface area contributed by atoms with E-state index in [-0.39, 0.29) is 12.5 Å². The highest BCUT2D eigenvalue weighted by Crippen LogP contribution is 2.21. The number of anilines is 1. The molecule has 7 heteroatoms. The van der Waals surface area contributed by atoms with Gasteiger partial charge in [-0.25, -0.2) is 4.79 Å². The van der Waals surface area contributed by atoms with Crippen LogP contribution < -0.4 is 10.6 Å². The number of aliphatic hydroxyl groups is 2. The lowest BCUT2D eigenvalue weighted by Gasteiger charge is -2.21. The molecule has 0 saturated heterocycles. The molecule has 2 unspecified atom stereocenters. The number of ether oxygens (including phenoxy) is 1. The number of carbonyl (C=O) groups excluding carboxylic acids is 2. The number of amides is 2. The fourth-order valence-corrected chi connectivity index (χ4v) is 1.80. The van der Waals surface area contributed by atoms with Crippen LogP contribution in [0, 0.1) is 0 Å². The first-order valence-corrected chi connectivity index (χ1v) is 7.29. The minimum Gasteiger partial charge on any atom is -0.444 e. The van der Waals surface area contributed by atoms with Crippen LogP contribution in [0.25, 0.3) is 0 Å². The van der Waals surface area contributed by atoms with E-state index in [1.54, 1.807) is 39.0 Å². The normalized spacial score (nSPS) is 13.8. The van der Waals surface area contributed by atoms with E-state index in [1.165, 1.54) is 13.0 Å². The SMILES string of the molecule is CC(=O)NCC(O)C(O)c1cccc(NC(=O)OC(C)(C)C)c1. The second-order valence-corrected chi connectivity index (χ2v) is 6.20. The number of aliphatic hydroxyl groups excluding tert-OH is 2. The number of hydrogen-bond donors (Lipinski definition) is 4. The van der Waals surface area contributed by atoms with E-state index in [0.29, 0.717) is 11.3 Å². The zero-order valence-electron chi connectivity index (χ0n) is 13.8. The molecule has 0 bridgehead atoms. The van der Waals surface area contributed by atoms with Crippen molar-refractivity contribution in [3.8, 4) is 0 Å². The summed E-state index contributed by atoms with van der Waals surface area (Å²) in [6, 6.07) is 6.42. The summed E-state index contributed by atoms with van der Waals surface area (Å²) in [6.45, 7) is 6.52. The highest BCUT2D eigenvalue weighted by Gasteiger charge is 2.20. The molecular weight excluding hydrogens is 300 g/mol. The maximum atomic E-state index is 11.7. The summed E-state index contributed by atoms with van der Waals surface area (Å²) in [7, 11) is 0. The molecule has 0 fully saturated rings. The first-order valence-electron chi connectivity index (χ1n) is 7.29. The molecule has 23 heavy (non-hydrogen) atoms. The summed E-state index contributed by atoms with van der Waals surface area (Å²) in [6.07, 6.45) is -2.96. The Morgan fingerprint density at radius 2 is 1.91 bits per heavy atom. The average molecular weight is 324 g/mol. The van der Waals surface area contributed by atoms with Gasteiger partial charge in [0.2, 0.25) is 5.91 Å². The van der Waals surface area contributed by atoms with Crippen LogP contribution in [0.5, 0.6) is 0 Å². The number of hydrogen-bond acceptors (Lipinski definition) is 5. The predicted molar refractivity (Wildman–Crippen MR) is 85.9 cm³/mol. The minimum absolute atomic E-state index is 0.0692. The monoisotopic (exact) mass is 324 g/mol. The summed E-state index contributed by atoms with van der Waals surface area (Å²) in [4.78, 5) is 22.6. The first-order chi connectivity index (χ1) is 10.6. The standard InChI is InChI=1S/C16H24N2O5/c1-10(19)17-9-13(20)14(21)11-6-5-7-12(8-11)18-15(22)23-16(2,3)4/h5-8,13-14,20-21H,9H2,1-4H3,(H,17,19)(H,18,22). The van der Waals surface area contributed by atoms with Crippen LogP contribution in [0.3, 0.4) is 0 Å². The van der Waals surface area contributed by atoms with Crippen LogP contribution in [0.15, 0.2) is 24.3 Å². The van der Waals surface area contributed by atoms with Crippen molar-refractivity contribution in [2.75, 3.05) is 11.9 Å². The van der Waals surface area contributed by atoms with E-state index >= 15 is 0 Å². The molecule has 128 valence electrons. The van der Waals surface area contributed by atoms with Crippen LogP contribution in [-0.2, 0) is 9.53 Å². The third kappa shape index (κ3) is 7.12. The fraction of sp³-hybridized carbons (Fsp3) is 0.500. The minimum atomic E-state index is -1.19. The Kier molecular flexibility index (Phi) is 6.53. The van der Waals surface area contributed by atoms with Gasteiger partial charge >= 0.3 is 6.09 Å². The predicted octanol–water partition coefficient (Wildman–Crippen LogP) is 1.56. The van der Waals surface area contributed by atoms with Crippen molar-refractivity contribution in [2.24, 2.45) is 0 Å². The molecule has 2 atom stereocenters. The Morgan fingerprint density at radius 3 is 2.48 bits per heavy atom. The van der Waals surface area contributed by atoms with Gasteiger partial charge in [-0.05, 0) is 38.5 Å². The maximum Gasteiger partial charge on any atom is 0.412 e. The van der Waals surface area contributed by atoms with Gasteiger partial charge in [0.25, 0.3) is 0 Å². The molecule has 0 radical (unpaired) electrons. The van der Waals surface area contributed by atoms with E-state index in [9.17, 15) is 19.8 Å². The van der Waals surface area contributed by atoms with Gasteiger partial charge in [-0.15, -0.1) is 0 Å². The summed E-state index contributed by atoms with van der Waals surface area (Å²) >= 11 is 0. The number of nitrogens with one attached hydrogen (secondary N) is 2. The summed E-state index contributed by atoms with van der Waals surface area (Å²) in [5.74, 6) is -0.295. The van der Waals surface area contributed by atoms with Crippen LogP contribution in [0.2, 0.25) is 0 Å². The lowest BCUT2D eigenvalue weighted by molar-refractivity contribution is -0.119. The van der Waals surface area contributed by atoms with Crippen LogP contribution >= 0.6 is 0 Å². The zero-order chi connectivity index (χ0) is 17.6. The molecule has 4 N–H and O–H groups in total. The second kappa shape index (κ2) is 7.94. The average Bonchev–Trinajstić information content (AvgIpc) is 2.42. The third-order valence-electron chi connectivity index (χ3n) is 2.80. The third-order valence-corrected chi connectivity index (χ3v) is 2.80. The molecule has 0 saturated carbocycles. The van der Waals surface area contributed by atoms with Crippen molar-refractivity contribution in [1.29, 1.82) is 0 Å². The Hall–Kier alpha value is -2.12. The summed E-state index contributed by atoms with van der Waals surface area (Å²) in [5.41, 5.74) is 0.231. The van der Waals surface area contributed by atoms with E-state index in [4.69, 9.17) is 4.74 Å². The molecule has 0 aliphatic heterocycles. The Morgan fingerprint density at radius 1 is 1.26 bits per heavy atom. The molecule has 1 aromatic carbocycles. The molecule has 0 spiro atoms. The molecule has 0 aliphatic carbocycles. The lowest BCUT2D eigenvalue weighted by Crippen LogP contribution is -2.34.